The minimum Gasteiger partial charge on any atom is -0.325 e. The molecule has 1 aliphatic carbocycles. The minimum absolute atomic E-state index is 0.0707. The fourth-order valence-corrected chi connectivity index (χ4v) is 2.57. The van der Waals surface area contributed by atoms with Crippen molar-refractivity contribution in [3.63, 3.8) is 0 Å². The average Bonchev–Trinajstić information content (AvgIpc) is 2.24. The van der Waals surface area contributed by atoms with Crippen LogP contribution >= 0.6 is 12.2 Å². The van der Waals surface area contributed by atoms with E-state index >= 15 is 0 Å². The van der Waals surface area contributed by atoms with Gasteiger partial charge in [-0.05, 0) is 31.0 Å². The minimum atomic E-state index is -0.0707. The molecule has 1 aromatic heterocycles. The van der Waals surface area contributed by atoms with Crippen LogP contribution in [-0.4, -0.2) is 9.55 Å². The first kappa shape index (κ1) is 10.6. The summed E-state index contributed by atoms with van der Waals surface area (Å²) >= 11 is 5.10. The smallest absolute Gasteiger partial charge is 0.251 e. The fraction of sp³-hybridized carbons (Fsp3) is 0.636. The number of nitrogens with zero attached hydrogens (tertiary/aromatic N) is 1. The highest BCUT2D eigenvalue weighted by Gasteiger charge is 2.17. The van der Waals surface area contributed by atoms with Crippen molar-refractivity contribution < 1.29 is 0 Å². The first-order chi connectivity index (χ1) is 7.18. The van der Waals surface area contributed by atoms with Crippen LogP contribution in [0.4, 0.5) is 0 Å². The van der Waals surface area contributed by atoms with Gasteiger partial charge in [0.2, 0.25) is 0 Å². The monoisotopic (exact) mass is 224 g/mol. The summed E-state index contributed by atoms with van der Waals surface area (Å²) in [7, 11) is 1.93. The normalized spacial score (nSPS) is 17.9. The fourth-order valence-electron chi connectivity index (χ4n) is 2.36. The van der Waals surface area contributed by atoms with E-state index < -0.39 is 0 Å². The zero-order valence-corrected chi connectivity index (χ0v) is 9.77. The molecule has 4 heteroatoms. The molecule has 3 nitrogen and oxygen atoms in total. The molecule has 82 valence electrons. The first-order valence-corrected chi connectivity index (χ1v) is 5.89. The van der Waals surface area contributed by atoms with E-state index in [2.05, 4.69) is 4.98 Å². The third-order valence-corrected chi connectivity index (χ3v) is 3.60. The van der Waals surface area contributed by atoms with Gasteiger partial charge >= 0.3 is 0 Å². The Kier molecular flexibility index (Phi) is 3.05. The van der Waals surface area contributed by atoms with Crippen LogP contribution in [0.25, 0.3) is 0 Å². The highest BCUT2D eigenvalue weighted by atomic mass is 32.1. The lowest BCUT2D eigenvalue weighted by atomic mass is 9.87. The zero-order valence-electron chi connectivity index (χ0n) is 8.95. The number of rotatable bonds is 1. The SMILES string of the molecule is Cn1c(C2CCCCC2)cc(=O)[nH]c1=S. The number of hydrogen-bond acceptors (Lipinski definition) is 2. The number of H-pyrrole nitrogens is 1. The average molecular weight is 224 g/mol. The molecule has 0 aromatic carbocycles. The molecule has 15 heavy (non-hydrogen) atoms. The van der Waals surface area contributed by atoms with Crippen LogP contribution < -0.4 is 5.56 Å². The second-order valence-corrected chi connectivity index (χ2v) is 4.64. The van der Waals surface area contributed by atoms with Crippen LogP contribution in [-0.2, 0) is 7.05 Å². The Hall–Kier alpha value is -0.900. The second kappa shape index (κ2) is 4.31. The second-order valence-electron chi connectivity index (χ2n) is 4.26. The van der Waals surface area contributed by atoms with Crippen molar-refractivity contribution in [3.8, 4) is 0 Å². The summed E-state index contributed by atoms with van der Waals surface area (Å²) in [5, 5.41) is 0. The molecule has 0 atom stereocenters. The third-order valence-electron chi connectivity index (χ3n) is 3.22. The molecule has 0 radical (unpaired) electrons. The van der Waals surface area contributed by atoms with Gasteiger partial charge in [-0.2, -0.15) is 0 Å². The van der Waals surface area contributed by atoms with Crippen LogP contribution in [0.1, 0.15) is 43.7 Å². The molecular weight excluding hydrogens is 208 g/mol. The van der Waals surface area contributed by atoms with Crippen molar-refractivity contribution >= 4 is 12.2 Å². The number of aromatic nitrogens is 2. The summed E-state index contributed by atoms with van der Waals surface area (Å²) in [4.78, 5) is 14.0. The van der Waals surface area contributed by atoms with Crippen molar-refractivity contribution in [2.45, 2.75) is 38.0 Å². The first-order valence-electron chi connectivity index (χ1n) is 5.49. The molecule has 0 spiro atoms. The van der Waals surface area contributed by atoms with Gasteiger partial charge in [-0.15, -0.1) is 0 Å². The Labute approximate surface area is 94.1 Å². The van der Waals surface area contributed by atoms with Gasteiger partial charge in [0.1, 0.15) is 0 Å². The third kappa shape index (κ3) is 2.20. The Morgan fingerprint density at radius 1 is 1.40 bits per heavy atom. The van der Waals surface area contributed by atoms with Crippen LogP contribution in [0, 0.1) is 4.77 Å². The molecule has 2 rings (SSSR count). The Morgan fingerprint density at radius 3 is 2.73 bits per heavy atom. The molecule has 1 saturated carbocycles. The standard InChI is InChI=1S/C11H16N2OS/c1-13-9(7-10(14)12-11(13)15)8-5-3-2-4-6-8/h7-8H,2-6H2,1H3,(H,12,14,15). The van der Waals surface area contributed by atoms with Gasteiger partial charge < -0.3 is 4.57 Å². The maximum absolute atomic E-state index is 11.4. The van der Waals surface area contributed by atoms with Gasteiger partial charge in [0.15, 0.2) is 4.77 Å². The van der Waals surface area contributed by atoms with Crippen molar-refractivity contribution in [1.82, 2.24) is 9.55 Å². The largest absolute Gasteiger partial charge is 0.325 e. The summed E-state index contributed by atoms with van der Waals surface area (Å²) in [6.07, 6.45) is 6.23. The van der Waals surface area contributed by atoms with E-state index in [0.29, 0.717) is 10.7 Å². The predicted molar refractivity (Wildman–Crippen MR) is 62.7 cm³/mol. The van der Waals surface area contributed by atoms with E-state index in [1.807, 2.05) is 11.6 Å². The Bertz CT molecular complexity index is 454. The Balaban J connectivity index is 2.42. The number of aromatic amines is 1. The van der Waals surface area contributed by atoms with Gasteiger partial charge in [-0.3, -0.25) is 9.78 Å². The molecule has 0 unspecified atom stereocenters. The summed E-state index contributed by atoms with van der Waals surface area (Å²) < 4.78 is 2.47. The van der Waals surface area contributed by atoms with Gasteiger partial charge in [-0.25, -0.2) is 0 Å². The van der Waals surface area contributed by atoms with E-state index in [0.717, 1.165) is 5.69 Å². The lowest BCUT2D eigenvalue weighted by Gasteiger charge is -2.23. The van der Waals surface area contributed by atoms with Crippen molar-refractivity contribution in [1.29, 1.82) is 0 Å². The van der Waals surface area contributed by atoms with E-state index in [9.17, 15) is 4.79 Å². The predicted octanol–water partition coefficient (Wildman–Crippen LogP) is 2.49. The van der Waals surface area contributed by atoms with Gasteiger partial charge in [-0.1, -0.05) is 19.3 Å². The summed E-state index contributed by atoms with van der Waals surface area (Å²) in [5.74, 6) is 0.521. The summed E-state index contributed by atoms with van der Waals surface area (Å²) in [6.45, 7) is 0. The Morgan fingerprint density at radius 2 is 2.07 bits per heavy atom. The van der Waals surface area contributed by atoms with Crippen molar-refractivity contribution in [3.05, 3.63) is 26.9 Å². The van der Waals surface area contributed by atoms with Gasteiger partial charge in [0.25, 0.3) is 5.56 Å². The lowest BCUT2D eigenvalue weighted by molar-refractivity contribution is 0.425. The topological polar surface area (TPSA) is 37.8 Å². The molecule has 1 heterocycles. The molecular formula is C11H16N2OS. The molecule has 1 aliphatic rings. The molecule has 1 fully saturated rings. The molecule has 0 amide bonds. The van der Waals surface area contributed by atoms with Crippen molar-refractivity contribution in [2.75, 3.05) is 0 Å². The highest BCUT2D eigenvalue weighted by molar-refractivity contribution is 7.71. The quantitative estimate of drug-likeness (QED) is 0.744. The van der Waals surface area contributed by atoms with E-state index in [1.165, 1.54) is 32.1 Å². The molecule has 1 aromatic rings. The van der Waals surface area contributed by atoms with Crippen LogP contribution in [0.2, 0.25) is 0 Å². The van der Waals surface area contributed by atoms with Gasteiger partial charge in [0.05, 0.1) is 0 Å². The van der Waals surface area contributed by atoms with E-state index in [-0.39, 0.29) is 5.56 Å². The molecule has 0 bridgehead atoms. The van der Waals surface area contributed by atoms with Crippen LogP contribution in [0.3, 0.4) is 0 Å². The van der Waals surface area contributed by atoms with Crippen LogP contribution in [0.15, 0.2) is 10.9 Å². The molecule has 0 saturated heterocycles. The molecule has 1 N–H and O–H groups in total. The highest BCUT2D eigenvalue weighted by Crippen LogP contribution is 2.31. The van der Waals surface area contributed by atoms with E-state index in [4.69, 9.17) is 12.2 Å². The lowest BCUT2D eigenvalue weighted by Crippen LogP contribution is -2.18. The number of nitrogens with one attached hydrogen (secondary N) is 1. The number of hydrogen-bond donors (Lipinski definition) is 1. The zero-order chi connectivity index (χ0) is 10.8. The summed E-state index contributed by atoms with van der Waals surface area (Å²) in [6, 6.07) is 1.70. The van der Waals surface area contributed by atoms with E-state index in [1.54, 1.807) is 6.07 Å². The molecule has 0 aliphatic heterocycles. The maximum atomic E-state index is 11.4. The van der Waals surface area contributed by atoms with Gasteiger partial charge in [0, 0.05) is 18.8 Å². The van der Waals surface area contributed by atoms with Crippen molar-refractivity contribution in [2.24, 2.45) is 7.05 Å². The maximum Gasteiger partial charge on any atom is 0.251 e. The van der Waals surface area contributed by atoms with Crippen LogP contribution in [0.5, 0.6) is 0 Å². The summed E-state index contributed by atoms with van der Waals surface area (Å²) in [5.41, 5.74) is 1.03.